The second-order valence-electron chi connectivity index (χ2n) is 6.49. The number of carbonyl (C=O) groups excluding carboxylic acids is 1. The Balaban J connectivity index is 1.83. The maximum atomic E-state index is 12.9. The molecule has 1 N–H and O–H groups in total. The highest BCUT2D eigenvalue weighted by Gasteiger charge is 2.27. The van der Waals surface area contributed by atoms with Gasteiger partial charge in [-0.2, -0.15) is 4.31 Å². The third kappa shape index (κ3) is 5.69. The molecule has 0 unspecified atom stereocenters. The third-order valence-corrected chi connectivity index (χ3v) is 6.78. The maximum Gasteiger partial charge on any atom is 0.248 e. The number of ether oxygens (including phenoxy) is 2. The van der Waals surface area contributed by atoms with Crippen molar-refractivity contribution >= 4 is 43.6 Å². The molecular formula is C21H23BrN2O5S. The van der Waals surface area contributed by atoms with E-state index in [-0.39, 0.29) is 4.90 Å². The van der Waals surface area contributed by atoms with Crippen LogP contribution in [0.25, 0.3) is 6.08 Å². The van der Waals surface area contributed by atoms with Gasteiger partial charge in [0.25, 0.3) is 0 Å². The number of carbonyl (C=O) groups is 1. The molecular weight excluding hydrogens is 472 g/mol. The van der Waals surface area contributed by atoms with Gasteiger partial charge in [-0.25, -0.2) is 8.42 Å². The van der Waals surface area contributed by atoms with Crippen molar-refractivity contribution in [2.75, 3.05) is 38.2 Å². The van der Waals surface area contributed by atoms with Crippen LogP contribution < -0.4 is 10.1 Å². The first-order valence-corrected chi connectivity index (χ1v) is 11.7. The first-order chi connectivity index (χ1) is 14.4. The van der Waals surface area contributed by atoms with Gasteiger partial charge in [-0.15, -0.1) is 0 Å². The fraction of sp³-hybridized carbons (Fsp3) is 0.286. The van der Waals surface area contributed by atoms with Gasteiger partial charge in [0.05, 0.1) is 30.4 Å². The first kappa shape index (κ1) is 22.5. The van der Waals surface area contributed by atoms with E-state index in [2.05, 4.69) is 21.2 Å². The predicted molar refractivity (Wildman–Crippen MR) is 119 cm³/mol. The Morgan fingerprint density at radius 3 is 2.70 bits per heavy atom. The number of nitrogens with one attached hydrogen (secondary N) is 1. The summed E-state index contributed by atoms with van der Waals surface area (Å²) < 4.78 is 38.9. The van der Waals surface area contributed by atoms with Crippen molar-refractivity contribution in [2.45, 2.75) is 11.8 Å². The average Bonchev–Trinajstić information content (AvgIpc) is 2.74. The number of hydrogen-bond acceptors (Lipinski definition) is 5. The van der Waals surface area contributed by atoms with Crippen LogP contribution in [0.2, 0.25) is 0 Å². The molecule has 0 aromatic heterocycles. The number of halogens is 1. The lowest BCUT2D eigenvalue weighted by atomic mass is 10.2. The molecule has 0 saturated carbocycles. The Kier molecular flexibility index (Phi) is 7.65. The zero-order valence-corrected chi connectivity index (χ0v) is 18.9. The Hall–Kier alpha value is -2.20. The summed E-state index contributed by atoms with van der Waals surface area (Å²) in [6, 6.07) is 12.0. The van der Waals surface area contributed by atoms with Crippen molar-refractivity contribution in [3.63, 3.8) is 0 Å². The molecule has 9 heteroatoms. The minimum absolute atomic E-state index is 0.0964. The lowest BCUT2D eigenvalue weighted by Crippen LogP contribution is -2.40. The molecule has 1 heterocycles. The molecule has 0 radical (unpaired) electrons. The topological polar surface area (TPSA) is 84.9 Å². The number of nitrogens with zero attached hydrogens (tertiary/aromatic N) is 1. The quantitative estimate of drug-likeness (QED) is 0.595. The lowest BCUT2D eigenvalue weighted by molar-refractivity contribution is -0.111. The van der Waals surface area contributed by atoms with E-state index >= 15 is 0 Å². The second kappa shape index (κ2) is 10.2. The minimum atomic E-state index is -3.69. The van der Waals surface area contributed by atoms with Gasteiger partial charge in [-0.3, -0.25) is 4.79 Å². The number of amides is 1. The van der Waals surface area contributed by atoms with Crippen LogP contribution in [0.1, 0.15) is 12.5 Å². The van der Waals surface area contributed by atoms with Crippen molar-refractivity contribution in [2.24, 2.45) is 0 Å². The molecule has 160 valence electrons. The Morgan fingerprint density at radius 2 is 2.00 bits per heavy atom. The zero-order chi connectivity index (χ0) is 21.6. The lowest BCUT2D eigenvalue weighted by Gasteiger charge is -2.26. The fourth-order valence-electron chi connectivity index (χ4n) is 2.94. The summed E-state index contributed by atoms with van der Waals surface area (Å²) in [5, 5.41) is 2.73. The number of sulfonamides is 1. The summed E-state index contributed by atoms with van der Waals surface area (Å²) in [5.74, 6) is 0.0134. The highest BCUT2D eigenvalue weighted by Crippen LogP contribution is 2.29. The van der Waals surface area contributed by atoms with Gasteiger partial charge in [0.1, 0.15) is 5.75 Å². The first-order valence-electron chi connectivity index (χ1n) is 9.49. The van der Waals surface area contributed by atoms with E-state index in [0.29, 0.717) is 44.3 Å². The van der Waals surface area contributed by atoms with Crippen molar-refractivity contribution in [1.82, 2.24) is 4.31 Å². The highest BCUT2D eigenvalue weighted by molar-refractivity contribution is 9.10. The molecule has 2 aromatic carbocycles. The largest absolute Gasteiger partial charge is 0.492 e. The number of hydrogen-bond donors (Lipinski definition) is 1. The molecule has 0 spiro atoms. The molecule has 1 aliphatic rings. The molecule has 0 atom stereocenters. The summed E-state index contributed by atoms with van der Waals surface area (Å²) in [5.41, 5.74) is 1.16. The van der Waals surface area contributed by atoms with Crippen LogP contribution >= 0.6 is 15.9 Å². The number of rotatable bonds is 7. The Bertz CT molecular complexity index is 1030. The van der Waals surface area contributed by atoms with E-state index in [1.54, 1.807) is 12.1 Å². The molecule has 3 rings (SSSR count). The van der Waals surface area contributed by atoms with E-state index in [4.69, 9.17) is 9.47 Å². The number of benzene rings is 2. The van der Waals surface area contributed by atoms with Gasteiger partial charge >= 0.3 is 0 Å². The van der Waals surface area contributed by atoms with Crippen LogP contribution in [0.4, 0.5) is 5.69 Å². The predicted octanol–water partition coefficient (Wildman–Crippen LogP) is 3.52. The molecule has 1 saturated heterocycles. The number of anilines is 1. The van der Waals surface area contributed by atoms with Crippen molar-refractivity contribution in [1.29, 1.82) is 0 Å². The van der Waals surface area contributed by atoms with Crippen LogP contribution in [0, 0.1) is 0 Å². The average molecular weight is 495 g/mol. The van der Waals surface area contributed by atoms with E-state index in [1.807, 2.05) is 31.2 Å². The van der Waals surface area contributed by atoms with E-state index in [1.165, 1.54) is 22.5 Å². The molecule has 7 nitrogen and oxygen atoms in total. The Morgan fingerprint density at radius 1 is 1.23 bits per heavy atom. The minimum Gasteiger partial charge on any atom is -0.492 e. The Labute approximate surface area is 184 Å². The molecule has 1 amide bonds. The summed E-state index contributed by atoms with van der Waals surface area (Å²) in [6.07, 6.45) is 3.06. The van der Waals surface area contributed by atoms with Crippen LogP contribution in [-0.4, -0.2) is 51.5 Å². The summed E-state index contributed by atoms with van der Waals surface area (Å²) in [4.78, 5) is 12.5. The number of morpholine rings is 1. The van der Waals surface area contributed by atoms with Crippen LogP contribution in [-0.2, 0) is 19.6 Å². The van der Waals surface area contributed by atoms with Gasteiger partial charge in [0.2, 0.25) is 15.9 Å². The smallest absolute Gasteiger partial charge is 0.248 e. The van der Waals surface area contributed by atoms with E-state index in [0.717, 1.165) is 10.0 Å². The molecule has 2 aromatic rings. The highest BCUT2D eigenvalue weighted by atomic mass is 79.9. The fourth-order valence-corrected chi connectivity index (χ4v) is 4.79. The molecule has 1 aliphatic heterocycles. The van der Waals surface area contributed by atoms with Crippen molar-refractivity contribution < 1.29 is 22.7 Å². The van der Waals surface area contributed by atoms with Crippen LogP contribution in [0.3, 0.4) is 0 Å². The maximum absolute atomic E-state index is 12.9. The van der Waals surface area contributed by atoms with Crippen LogP contribution in [0.5, 0.6) is 5.75 Å². The monoisotopic (exact) mass is 494 g/mol. The van der Waals surface area contributed by atoms with E-state index in [9.17, 15) is 13.2 Å². The summed E-state index contributed by atoms with van der Waals surface area (Å²) >= 11 is 3.39. The molecule has 1 fully saturated rings. The zero-order valence-electron chi connectivity index (χ0n) is 16.5. The van der Waals surface area contributed by atoms with E-state index < -0.39 is 15.9 Å². The molecule has 0 aliphatic carbocycles. The molecule has 30 heavy (non-hydrogen) atoms. The summed E-state index contributed by atoms with van der Waals surface area (Å²) in [6.45, 7) is 3.52. The second-order valence-corrected chi connectivity index (χ2v) is 9.34. The standard InChI is InChI=1S/C21H23BrN2O5S/c1-2-29-20-8-7-18(30(26,27)24-10-12-28-13-11-24)15-19(20)23-21(25)9-6-16-4-3-5-17(22)14-16/h3-9,14-15H,2,10-13H2,1H3,(H,23,25)/b9-6+. The SMILES string of the molecule is CCOc1ccc(S(=O)(=O)N2CCOCC2)cc1NC(=O)/C=C/c1cccc(Br)c1. The van der Waals surface area contributed by atoms with Gasteiger partial charge in [-0.1, -0.05) is 28.1 Å². The van der Waals surface area contributed by atoms with Gasteiger partial charge < -0.3 is 14.8 Å². The molecule has 0 bridgehead atoms. The van der Waals surface area contributed by atoms with Crippen molar-refractivity contribution in [3.05, 3.63) is 58.6 Å². The van der Waals surface area contributed by atoms with Crippen LogP contribution in [0.15, 0.2) is 57.9 Å². The normalized spacial score (nSPS) is 15.3. The van der Waals surface area contributed by atoms with Gasteiger partial charge in [-0.05, 0) is 48.9 Å². The third-order valence-electron chi connectivity index (χ3n) is 4.39. The van der Waals surface area contributed by atoms with Gasteiger partial charge in [0, 0.05) is 23.6 Å². The van der Waals surface area contributed by atoms with Crippen molar-refractivity contribution in [3.8, 4) is 5.75 Å². The summed E-state index contributed by atoms with van der Waals surface area (Å²) in [7, 11) is -3.69. The van der Waals surface area contributed by atoms with Gasteiger partial charge in [0.15, 0.2) is 0 Å².